The topological polar surface area (TPSA) is 65.1 Å². The van der Waals surface area contributed by atoms with E-state index >= 15 is 0 Å². The Labute approximate surface area is 134 Å². The van der Waals surface area contributed by atoms with Crippen molar-refractivity contribution in [2.24, 2.45) is 0 Å². The molecule has 1 amide bonds. The predicted molar refractivity (Wildman–Crippen MR) is 81.9 cm³/mol. The summed E-state index contributed by atoms with van der Waals surface area (Å²) in [6.07, 6.45) is -1.55. The van der Waals surface area contributed by atoms with Crippen molar-refractivity contribution >= 4 is 16.8 Å². The summed E-state index contributed by atoms with van der Waals surface area (Å²) in [4.78, 5) is 14.8. The van der Waals surface area contributed by atoms with E-state index in [0.717, 1.165) is 12.1 Å². The van der Waals surface area contributed by atoms with Gasteiger partial charge in [0.25, 0.3) is 5.91 Å². The minimum absolute atomic E-state index is 0.0799. The van der Waals surface area contributed by atoms with Crippen molar-refractivity contribution in [3.05, 3.63) is 71.2 Å². The number of amides is 1. The van der Waals surface area contributed by atoms with E-state index in [1.54, 1.807) is 6.07 Å². The summed E-state index contributed by atoms with van der Waals surface area (Å²) in [6, 6.07) is 8.92. The fourth-order valence-electron chi connectivity index (χ4n) is 2.46. The van der Waals surface area contributed by atoms with Gasteiger partial charge in [0.1, 0.15) is 29.2 Å². The third-order valence-electron chi connectivity index (χ3n) is 3.64. The van der Waals surface area contributed by atoms with Crippen LogP contribution in [0.3, 0.4) is 0 Å². The highest BCUT2D eigenvalue weighted by Gasteiger charge is 2.19. The lowest BCUT2D eigenvalue weighted by molar-refractivity contribution is 0.0907. The SMILES string of the molecule is O=C(NCC(O)c1c(F)cccc1F)c1cc2c(F)cccc2[nH]1. The molecule has 0 radical (unpaired) electrons. The van der Waals surface area contributed by atoms with E-state index in [0.29, 0.717) is 5.52 Å². The van der Waals surface area contributed by atoms with E-state index in [-0.39, 0.29) is 11.1 Å². The molecule has 1 aromatic heterocycles. The molecule has 124 valence electrons. The summed E-state index contributed by atoms with van der Waals surface area (Å²) in [5, 5.41) is 12.5. The number of halogens is 3. The molecule has 3 N–H and O–H groups in total. The van der Waals surface area contributed by atoms with Gasteiger partial charge in [-0.15, -0.1) is 0 Å². The number of benzene rings is 2. The third-order valence-corrected chi connectivity index (χ3v) is 3.64. The lowest BCUT2D eigenvalue weighted by Gasteiger charge is -2.13. The van der Waals surface area contributed by atoms with Crippen LogP contribution in [0.1, 0.15) is 22.2 Å². The summed E-state index contributed by atoms with van der Waals surface area (Å²) >= 11 is 0. The summed E-state index contributed by atoms with van der Waals surface area (Å²) < 4.78 is 40.8. The maximum absolute atomic E-state index is 13.6. The molecule has 0 saturated carbocycles. The van der Waals surface area contributed by atoms with Crippen LogP contribution in [0.15, 0.2) is 42.5 Å². The number of carbonyl (C=O) groups is 1. The monoisotopic (exact) mass is 334 g/mol. The van der Waals surface area contributed by atoms with E-state index in [2.05, 4.69) is 10.3 Å². The van der Waals surface area contributed by atoms with Crippen molar-refractivity contribution in [3.63, 3.8) is 0 Å². The van der Waals surface area contributed by atoms with E-state index in [9.17, 15) is 23.1 Å². The van der Waals surface area contributed by atoms with Crippen molar-refractivity contribution < 1.29 is 23.1 Å². The second-order valence-corrected chi connectivity index (χ2v) is 5.25. The zero-order valence-electron chi connectivity index (χ0n) is 12.3. The molecule has 3 aromatic rings. The van der Waals surface area contributed by atoms with Gasteiger partial charge < -0.3 is 15.4 Å². The second kappa shape index (κ2) is 6.37. The van der Waals surface area contributed by atoms with Gasteiger partial charge in [0.05, 0.1) is 5.56 Å². The molecular weight excluding hydrogens is 321 g/mol. The summed E-state index contributed by atoms with van der Waals surface area (Å²) in [5.41, 5.74) is 0.0117. The average molecular weight is 334 g/mol. The molecule has 2 aromatic carbocycles. The van der Waals surface area contributed by atoms with Crippen LogP contribution in [-0.2, 0) is 0 Å². The van der Waals surface area contributed by atoms with E-state index < -0.39 is 41.6 Å². The fraction of sp³-hybridized carbons (Fsp3) is 0.118. The van der Waals surface area contributed by atoms with Gasteiger partial charge in [-0.3, -0.25) is 4.79 Å². The van der Waals surface area contributed by atoms with Gasteiger partial charge in [-0.1, -0.05) is 12.1 Å². The Bertz CT molecular complexity index is 888. The number of aromatic amines is 1. The first-order valence-electron chi connectivity index (χ1n) is 7.15. The predicted octanol–water partition coefficient (Wildman–Crippen LogP) is 3.05. The maximum atomic E-state index is 13.6. The molecule has 0 fully saturated rings. The molecule has 1 heterocycles. The fourth-order valence-corrected chi connectivity index (χ4v) is 2.46. The van der Waals surface area contributed by atoms with Gasteiger partial charge in [-0.05, 0) is 30.3 Å². The summed E-state index contributed by atoms with van der Waals surface area (Å²) in [5.74, 6) is -2.90. The Morgan fingerprint density at radius 3 is 2.38 bits per heavy atom. The Hall–Kier alpha value is -2.80. The largest absolute Gasteiger partial charge is 0.386 e. The van der Waals surface area contributed by atoms with Crippen LogP contribution >= 0.6 is 0 Å². The van der Waals surface area contributed by atoms with Crippen LogP contribution in [0, 0.1) is 17.5 Å². The number of nitrogens with one attached hydrogen (secondary N) is 2. The van der Waals surface area contributed by atoms with Gasteiger partial charge >= 0.3 is 0 Å². The summed E-state index contributed by atoms with van der Waals surface area (Å²) in [7, 11) is 0. The third kappa shape index (κ3) is 2.98. The van der Waals surface area contributed by atoms with Crippen LogP contribution in [-0.4, -0.2) is 22.5 Å². The van der Waals surface area contributed by atoms with Gasteiger partial charge in [-0.2, -0.15) is 0 Å². The molecule has 3 rings (SSSR count). The zero-order valence-corrected chi connectivity index (χ0v) is 12.3. The van der Waals surface area contributed by atoms with Crippen molar-refractivity contribution in [3.8, 4) is 0 Å². The average Bonchev–Trinajstić information content (AvgIpc) is 2.98. The molecule has 1 atom stereocenters. The minimum atomic E-state index is -1.55. The molecule has 0 bridgehead atoms. The molecule has 1 unspecified atom stereocenters. The normalized spacial score (nSPS) is 12.3. The number of H-pyrrole nitrogens is 1. The lowest BCUT2D eigenvalue weighted by Crippen LogP contribution is -2.29. The van der Waals surface area contributed by atoms with Gasteiger partial charge in [0, 0.05) is 17.4 Å². The minimum Gasteiger partial charge on any atom is -0.386 e. The first-order valence-corrected chi connectivity index (χ1v) is 7.15. The molecule has 0 aliphatic rings. The highest BCUT2D eigenvalue weighted by atomic mass is 19.1. The molecule has 0 saturated heterocycles. The number of aliphatic hydroxyl groups excluding tert-OH is 1. The number of carbonyl (C=O) groups excluding carboxylic acids is 1. The Morgan fingerprint density at radius 2 is 1.71 bits per heavy atom. The summed E-state index contributed by atoms with van der Waals surface area (Å²) in [6.45, 7) is -0.394. The van der Waals surface area contributed by atoms with Crippen LogP contribution in [0.5, 0.6) is 0 Å². The smallest absolute Gasteiger partial charge is 0.267 e. The lowest BCUT2D eigenvalue weighted by atomic mass is 10.1. The number of aromatic nitrogens is 1. The Balaban J connectivity index is 1.74. The Kier molecular flexibility index (Phi) is 4.26. The van der Waals surface area contributed by atoms with Crippen LogP contribution < -0.4 is 5.32 Å². The number of hydrogen-bond donors (Lipinski definition) is 3. The maximum Gasteiger partial charge on any atom is 0.267 e. The molecule has 4 nitrogen and oxygen atoms in total. The van der Waals surface area contributed by atoms with Crippen LogP contribution in [0.25, 0.3) is 10.9 Å². The number of fused-ring (bicyclic) bond motifs is 1. The molecule has 7 heteroatoms. The first kappa shape index (κ1) is 16.1. The van der Waals surface area contributed by atoms with Crippen LogP contribution in [0.4, 0.5) is 13.2 Å². The number of aliphatic hydroxyl groups is 1. The standard InChI is InChI=1S/C17H13F3N2O2/c18-10-3-2-6-13-9(10)7-14(22-13)17(24)21-8-15(23)16-11(19)4-1-5-12(16)20/h1-7,15,22-23H,8H2,(H,21,24). The highest BCUT2D eigenvalue weighted by molar-refractivity contribution is 5.98. The van der Waals surface area contributed by atoms with E-state index in [1.807, 2.05) is 0 Å². The van der Waals surface area contributed by atoms with Crippen molar-refractivity contribution in [1.29, 1.82) is 0 Å². The molecule has 24 heavy (non-hydrogen) atoms. The van der Waals surface area contributed by atoms with E-state index in [1.165, 1.54) is 24.3 Å². The molecular formula is C17H13F3N2O2. The molecule has 0 aliphatic carbocycles. The van der Waals surface area contributed by atoms with Gasteiger partial charge in [0.2, 0.25) is 0 Å². The zero-order chi connectivity index (χ0) is 17.3. The van der Waals surface area contributed by atoms with Gasteiger partial charge in [0.15, 0.2) is 0 Å². The molecule has 0 aliphatic heterocycles. The molecule has 0 spiro atoms. The highest BCUT2D eigenvalue weighted by Crippen LogP contribution is 2.21. The number of rotatable bonds is 4. The number of hydrogen-bond acceptors (Lipinski definition) is 2. The van der Waals surface area contributed by atoms with Crippen LogP contribution in [0.2, 0.25) is 0 Å². The van der Waals surface area contributed by atoms with Crippen molar-refractivity contribution in [2.75, 3.05) is 6.54 Å². The quantitative estimate of drug-likeness (QED) is 0.687. The van der Waals surface area contributed by atoms with Crippen molar-refractivity contribution in [1.82, 2.24) is 10.3 Å². The second-order valence-electron chi connectivity index (χ2n) is 5.25. The first-order chi connectivity index (χ1) is 11.5. The Morgan fingerprint density at radius 1 is 1.08 bits per heavy atom. The van der Waals surface area contributed by atoms with E-state index in [4.69, 9.17) is 0 Å². The van der Waals surface area contributed by atoms with Crippen molar-refractivity contribution in [2.45, 2.75) is 6.10 Å². The van der Waals surface area contributed by atoms with Gasteiger partial charge in [-0.25, -0.2) is 13.2 Å².